The minimum absolute atomic E-state index is 0.190. The van der Waals surface area contributed by atoms with Crippen LogP contribution in [-0.2, 0) is 10.0 Å². The number of hydrogen-bond donors (Lipinski definition) is 2. The number of H-pyrrole nitrogens is 1. The summed E-state index contributed by atoms with van der Waals surface area (Å²) < 4.78 is 32.5. The number of ether oxygens (including phenoxy) is 1. The Morgan fingerprint density at radius 1 is 1.04 bits per heavy atom. The van der Waals surface area contributed by atoms with Crippen LogP contribution >= 0.6 is 0 Å². The van der Waals surface area contributed by atoms with E-state index in [0.717, 1.165) is 11.3 Å². The molecule has 0 saturated heterocycles. The van der Waals surface area contributed by atoms with Crippen LogP contribution in [0.2, 0.25) is 0 Å². The summed E-state index contributed by atoms with van der Waals surface area (Å²) in [6.07, 6.45) is 1.57. The Morgan fingerprint density at radius 3 is 2.39 bits per heavy atom. The molecular weight excluding hydrogens is 314 g/mol. The smallest absolute Gasteiger partial charge is 0.263 e. The van der Waals surface area contributed by atoms with Crippen LogP contribution in [0.3, 0.4) is 0 Å². The van der Waals surface area contributed by atoms with Crippen molar-refractivity contribution in [3.05, 3.63) is 60.8 Å². The van der Waals surface area contributed by atoms with Gasteiger partial charge in [0.25, 0.3) is 10.0 Å². The maximum Gasteiger partial charge on any atom is 0.263 e. The molecule has 1 heterocycles. The highest BCUT2D eigenvalue weighted by Crippen LogP contribution is 2.28. The monoisotopic (exact) mass is 329 g/mol. The summed E-state index contributed by atoms with van der Waals surface area (Å²) in [7, 11) is -2.08. The quantitative estimate of drug-likeness (QED) is 0.754. The third kappa shape index (κ3) is 3.19. The second-order valence-electron chi connectivity index (χ2n) is 4.81. The lowest BCUT2D eigenvalue weighted by atomic mass is 10.1. The molecule has 0 aliphatic carbocycles. The summed E-state index contributed by atoms with van der Waals surface area (Å²) in [5, 5.41) is 6.62. The minimum atomic E-state index is -3.67. The largest absolute Gasteiger partial charge is 0.497 e. The van der Waals surface area contributed by atoms with Gasteiger partial charge in [-0.15, -0.1) is 0 Å². The fourth-order valence-electron chi connectivity index (χ4n) is 2.15. The summed E-state index contributed by atoms with van der Waals surface area (Å²) in [5.74, 6) is 1.04. The SMILES string of the molecule is COc1ccc(-c2cn[nH]c2NS(=O)(=O)c2ccccc2)cc1. The Morgan fingerprint density at radius 2 is 1.74 bits per heavy atom. The minimum Gasteiger partial charge on any atom is -0.497 e. The molecule has 2 aromatic carbocycles. The van der Waals surface area contributed by atoms with Crippen molar-refractivity contribution < 1.29 is 13.2 Å². The van der Waals surface area contributed by atoms with Crippen molar-refractivity contribution in [3.63, 3.8) is 0 Å². The molecule has 118 valence electrons. The molecule has 0 amide bonds. The number of aromatic amines is 1. The number of nitrogens with zero attached hydrogens (tertiary/aromatic N) is 1. The van der Waals surface area contributed by atoms with Crippen molar-refractivity contribution in [2.24, 2.45) is 0 Å². The maximum absolute atomic E-state index is 12.4. The molecule has 2 N–H and O–H groups in total. The molecule has 0 radical (unpaired) electrons. The number of anilines is 1. The molecule has 23 heavy (non-hydrogen) atoms. The molecule has 7 heteroatoms. The van der Waals surface area contributed by atoms with Crippen LogP contribution in [0.25, 0.3) is 11.1 Å². The van der Waals surface area contributed by atoms with E-state index in [1.807, 2.05) is 12.1 Å². The zero-order valence-electron chi connectivity index (χ0n) is 12.4. The third-order valence-electron chi connectivity index (χ3n) is 3.33. The third-order valence-corrected chi connectivity index (χ3v) is 4.70. The average molecular weight is 329 g/mol. The van der Waals surface area contributed by atoms with Crippen LogP contribution in [0.5, 0.6) is 5.75 Å². The van der Waals surface area contributed by atoms with Gasteiger partial charge in [-0.25, -0.2) is 8.42 Å². The van der Waals surface area contributed by atoms with Crippen molar-refractivity contribution in [2.45, 2.75) is 4.90 Å². The summed E-state index contributed by atoms with van der Waals surface area (Å²) >= 11 is 0. The molecule has 0 aliphatic rings. The first-order valence-corrected chi connectivity index (χ1v) is 8.34. The first kappa shape index (κ1) is 15.1. The first-order valence-electron chi connectivity index (χ1n) is 6.86. The van der Waals surface area contributed by atoms with Crippen LogP contribution in [0.15, 0.2) is 65.7 Å². The number of methoxy groups -OCH3 is 1. The highest BCUT2D eigenvalue weighted by atomic mass is 32.2. The lowest BCUT2D eigenvalue weighted by molar-refractivity contribution is 0.415. The van der Waals surface area contributed by atoms with Crippen molar-refractivity contribution in [1.82, 2.24) is 10.2 Å². The van der Waals surface area contributed by atoms with Gasteiger partial charge in [0.2, 0.25) is 0 Å². The van der Waals surface area contributed by atoms with Gasteiger partial charge in [0.05, 0.1) is 18.2 Å². The predicted molar refractivity (Wildman–Crippen MR) is 87.8 cm³/mol. The second kappa shape index (κ2) is 6.13. The normalized spacial score (nSPS) is 11.2. The number of rotatable bonds is 5. The maximum atomic E-state index is 12.4. The van der Waals surface area contributed by atoms with Gasteiger partial charge in [0, 0.05) is 5.56 Å². The second-order valence-corrected chi connectivity index (χ2v) is 6.49. The van der Waals surface area contributed by atoms with E-state index in [0.29, 0.717) is 11.4 Å². The molecule has 1 aromatic heterocycles. The van der Waals surface area contributed by atoms with Crippen molar-refractivity contribution in [1.29, 1.82) is 0 Å². The van der Waals surface area contributed by atoms with Gasteiger partial charge in [-0.05, 0) is 29.8 Å². The molecule has 0 atom stereocenters. The Kier molecular flexibility index (Phi) is 4.03. The molecule has 3 rings (SSSR count). The number of benzene rings is 2. The molecule has 0 spiro atoms. The lowest BCUT2D eigenvalue weighted by Crippen LogP contribution is -2.13. The number of aromatic nitrogens is 2. The van der Waals surface area contributed by atoms with Gasteiger partial charge >= 0.3 is 0 Å². The number of nitrogens with one attached hydrogen (secondary N) is 2. The van der Waals surface area contributed by atoms with Crippen molar-refractivity contribution in [3.8, 4) is 16.9 Å². The van der Waals surface area contributed by atoms with Crippen LogP contribution in [0.1, 0.15) is 0 Å². The standard InChI is InChI=1S/C16H15N3O3S/c1-22-13-9-7-12(8-10-13)15-11-17-18-16(15)19-23(20,21)14-5-3-2-4-6-14/h2-11H,1H3,(H2,17,18,19). The van der Waals surface area contributed by atoms with Crippen LogP contribution in [-0.4, -0.2) is 25.7 Å². The average Bonchev–Trinajstić information content (AvgIpc) is 3.03. The molecule has 0 bridgehead atoms. The van der Waals surface area contributed by atoms with E-state index in [9.17, 15) is 8.42 Å². The fraction of sp³-hybridized carbons (Fsp3) is 0.0625. The molecule has 0 unspecified atom stereocenters. The Labute approximate surface area is 134 Å². The van der Waals surface area contributed by atoms with Crippen LogP contribution in [0, 0.1) is 0 Å². The Balaban J connectivity index is 1.92. The summed E-state index contributed by atoms with van der Waals surface area (Å²) in [6, 6.07) is 15.5. The number of sulfonamides is 1. The van der Waals surface area contributed by atoms with Gasteiger partial charge in [-0.1, -0.05) is 30.3 Å². The molecule has 0 saturated carbocycles. The van der Waals surface area contributed by atoms with Gasteiger partial charge in [0.1, 0.15) is 11.6 Å². The van der Waals surface area contributed by atoms with E-state index in [1.54, 1.807) is 43.6 Å². The fourth-order valence-corrected chi connectivity index (χ4v) is 3.20. The van der Waals surface area contributed by atoms with Gasteiger partial charge in [-0.2, -0.15) is 5.10 Å². The molecule has 0 aliphatic heterocycles. The Bertz CT molecular complexity index is 888. The molecular formula is C16H15N3O3S. The molecule has 6 nitrogen and oxygen atoms in total. The number of hydrogen-bond acceptors (Lipinski definition) is 4. The van der Waals surface area contributed by atoms with E-state index < -0.39 is 10.0 Å². The van der Waals surface area contributed by atoms with Crippen LogP contribution in [0.4, 0.5) is 5.82 Å². The summed E-state index contributed by atoms with van der Waals surface area (Å²) in [6.45, 7) is 0. The highest BCUT2D eigenvalue weighted by Gasteiger charge is 2.17. The zero-order chi connectivity index (χ0) is 16.3. The van der Waals surface area contributed by atoms with Gasteiger partial charge in [0.15, 0.2) is 0 Å². The van der Waals surface area contributed by atoms with E-state index in [2.05, 4.69) is 14.9 Å². The van der Waals surface area contributed by atoms with Gasteiger partial charge < -0.3 is 4.74 Å². The van der Waals surface area contributed by atoms with Crippen molar-refractivity contribution >= 4 is 15.8 Å². The lowest BCUT2D eigenvalue weighted by Gasteiger charge is -2.08. The summed E-state index contributed by atoms with van der Waals surface area (Å²) in [4.78, 5) is 0.190. The van der Waals surface area contributed by atoms with E-state index in [-0.39, 0.29) is 4.90 Å². The molecule has 0 fully saturated rings. The summed E-state index contributed by atoms with van der Waals surface area (Å²) in [5.41, 5.74) is 1.48. The first-order chi connectivity index (χ1) is 11.1. The topological polar surface area (TPSA) is 84.1 Å². The van der Waals surface area contributed by atoms with E-state index in [1.165, 1.54) is 12.1 Å². The van der Waals surface area contributed by atoms with Crippen molar-refractivity contribution in [2.75, 3.05) is 11.8 Å². The predicted octanol–water partition coefficient (Wildman–Crippen LogP) is 2.89. The van der Waals surface area contributed by atoms with Gasteiger partial charge in [-0.3, -0.25) is 9.82 Å². The van der Waals surface area contributed by atoms with E-state index >= 15 is 0 Å². The highest BCUT2D eigenvalue weighted by molar-refractivity contribution is 7.92. The van der Waals surface area contributed by atoms with E-state index in [4.69, 9.17) is 4.74 Å². The Hall–Kier alpha value is -2.80. The van der Waals surface area contributed by atoms with Crippen LogP contribution < -0.4 is 9.46 Å². The zero-order valence-corrected chi connectivity index (χ0v) is 13.2. The molecule has 3 aromatic rings.